The van der Waals surface area contributed by atoms with Crippen LogP contribution < -0.4 is 0 Å². The molecule has 16 heavy (non-hydrogen) atoms. The first-order valence-electron chi connectivity index (χ1n) is 4.44. The van der Waals surface area contributed by atoms with Gasteiger partial charge in [0.2, 0.25) is 0 Å². The number of halogens is 3. The normalized spacial score (nSPS) is 10.6. The van der Waals surface area contributed by atoms with Gasteiger partial charge in [-0.15, -0.1) is 0 Å². The van der Waals surface area contributed by atoms with Gasteiger partial charge in [0.05, 0.1) is 12.1 Å². The van der Waals surface area contributed by atoms with Gasteiger partial charge in [-0.2, -0.15) is 0 Å². The Labute approximate surface area is 99.8 Å². The zero-order valence-corrected chi connectivity index (χ0v) is 10.0. The molecule has 0 fully saturated rings. The summed E-state index contributed by atoms with van der Waals surface area (Å²) in [6.07, 6.45) is -2.59. The molecule has 6 heteroatoms. The fourth-order valence-electron chi connectivity index (χ4n) is 1.18. The first kappa shape index (κ1) is 12.9. The second-order valence-corrected chi connectivity index (χ2v) is 4.15. The van der Waals surface area contributed by atoms with Crippen LogP contribution in [0.1, 0.15) is 10.4 Å². The molecule has 1 aromatic rings. The average molecular weight is 294 g/mol. The molecule has 0 radical (unpaired) electrons. The molecule has 0 bridgehead atoms. The Bertz CT molecular complexity index is 398. The monoisotopic (exact) mass is 293 g/mol. The van der Waals surface area contributed by atoms with Gasteiger partial charge in [-0.05, 0) is 18.2 Å². The lowest BCUT2D eigenvalue weighted by molar-refractivity contribution is 0.0617. The highest BCUT2D eigenvalue weighted by Crippen LogP contribution is 2.23. The maximum atomic E-state index is 12.1. The van der Waals surface area contributed by atoms with Crippen molar-refractivity contribution in [1.29, 1.82) is 0 Å². The Morgan fingerprint density at radius 1 is 1.56 bits per heavy atom. The number of phenolic OH excluding ortho intramolecular Hbond substituents is 1. The van der Waals surface area contributed by atoms with E-state index in [2.05, 4.69) is 15.9 Å². The van der Waals surface area contributed by atoms with E-state index in [0.717, 1.165) is 4.90 Å². The van der Waals surface area contributed by atoms with E-state index in [1.54, 1.807) is 6.07 Å². The molecule has 1 aromatic carbocycles. The first-order valence-corrected chi connectivity index (χ1v) is 5.23. The molecule has 1 rings (SSSR count). The van der Waals surface area contributed by atoms with E-state index in [4.69, 9.17) is 0 Å². The number of aromatic hydroxyl groups is 1. The third-order valence-corrected chi connectivity index (χ3v) is 2.44. The topological polar surface area (TPSA) is 40.5 Å². The minimum absolute atomic E-state index is 0.00588. The van der Waals surface area contributed by atoms with E-state index in [9.17, 15) is 18.7 Å². The molecule has 1 amide bonds. The highest BCUT2D eigenvalue weighted by molar-refractivity contribution is 9.10. The summed E-state index contributed by atoms with van der Waals surface area (Å²) >= 11 is 3.12. The summed E-state index contributed by atoms with van der Waals surface area (Å²) < 4.78 is 24.7. The number of benzene rings is 1. The molecule has 88 valence electrons. The highest BCUT2D eigenvalue weighted by Gasteiger charge is 2.18. The predicted molar refractivity (Wildman–Crippen MR) is 58.8 cm³/mol. The van der Waals surface area contributed by atoms with Crippen LogP contribution in [-0.2, 0) is 0 Å². The number of rotatable bonds is 3. The fraction of sp³-hybridized carbons (Fsp3) is 0.300. The molecule has 0 aliphatic rings. The first-order chi connectivity index (χ1) is 7.41. The van der Waals surface area contributed by atoms with Crippen LogP contribution in [-0.4, -0.2) is 35.9 Å². The summed E-state index contributed by atoms with van der Waals surface area (Å²) in [6, 6.07) is 4.27. The van der Waals surface area contributed by atoms with Crippen LogP contribution in [0.5, 0.6) is 5.75 Å². The smallest absolute Gasteiger partial charge is 0.257 e. The second-order valence-electron chi connectivity index (χ2n) is 3.24. The molecule has 0 spiro atoms. The molecule has 0 atom stereocenters. The lowest BCUT2D eigenvalue weighted by Gasteiger charge is -2.17. The van der Waals surface area contributed by atoms with E-state index in [1.807, 2.05) is 0 Å². The summed E-state index contributed by atoms with van der Waals surface area (Å²) in [5.74, 6) is -0.870. The molecular formula is C10H10BrF2NO2. The standard InChI is InChI=1S/C10H10BrF2NO2/c1-14(5-9(12)13)10(16)7-3-2-6(11)4-8(7)15/h2-4,9,15H,5H2,1H3. The van der Waals surface area contributed by atoms with Crippen molar-refractivity contribution < 1.29 is 18.7 Å². The van der Waals surface area contributed by atoms with Crippen LogP contribution >= 0.6 is 15.9 Å². The van der Waals surface area contributed by atoms with Gasteiger partial charge in [0.1, 0.15) is 5.75 Å². The van der Waals surface area contributed by atoms with Gasteiger partial charge in [0, 0.05) is 11.5 Å². The minimum Gasteiger partial charge on any atom is -0.507 e. The van der Waals surface area contributed by atoms with Gasteiger partial charge >= 0.3 is 0 Å². The Hall–Kier alpha value is -1.17. The molecule has 3 nitrogen and oxygen atoms in total. The van der Waals surface area contributed by atoms with Crippen LogP contribution in [0.4, 0.5) is 8.78 Å². The number of carbonyl (C=O) groups excluding carboxylic acids is 1. The van der Waals surface area contributed by atoms with Crippen LogP contribution in [0.3, 0.4) is 0 Å². The van der Waals surface area contributed by atoms with E-state index < -0.39 is 18.9 Å². The van der Waals surface area contributed by atoms with Crippen LogP contribution in [0.2, 0.25) is 0 Å². The molecule has 1 N–H and O–H groups in total. The number of hydrogen-bond acceptors (Lipinski definition) is 2. The lowest BCUT2D eigenvalue weighted by atomic mass is 10.2. The third kappa shape index (κ3) is 3.16. The SMILES string of the molecule is CN(CC(F)F)C(=O)c1ccc(Br)cc1O. The van der Waals surface area contributed by atoms with Crippen LogP contribution in [0, 0.1) is 0 Å². The molecule has 0 aromatic heterocycles. The maximum absolute atomic E-state index is 12.1. The van der Waals surface area contributed by atoms with Crippen molar-refractivity contribution in [1.82, 2.24) is 4.90 Å². The Balaban J connectivity index is 2.88. The summed E-state index contributed by atoms with van der Waals surface area (Å²) in [4.78, 5) is 12.5. The van der Waals surface area contributed by atoms with Crippen molar-refractivity contribution in [2.24, 2.45) is 0 Å². The molecular weight excluding hydrogens is 284 g/mol. The molecule has 0 unspecified atom stereocenters. The summed E-state index contributed by atoms with van der Waals surface area (Å²) in [5, 5.41) is 9.48. The molecule has 0 saturated carbocycles. The Kier molecular flexibility index (Phi) is 4.23. The zero-order chi connectivity index (χ0) is 12.3. The molecule has 0 aliphatic carbocycles. The van der Waals surface area contributed by atoms with E-state index in [1.165, 1.54) is 19.2 Å². The van der Waals surface area contributed by atoms with Crippen molar-refractivity contribution in [3.63, 3.8) is 0 Å². The largest absolute Gasteiger partial charge is 0.507 e. The quantitative estimate of drug-likeness (QED) is 0.930. The number of carbonyl (C=O) groups is 1. The Morgan fingerprint density at radius 2 is 2.19 bits per heavy atom. The number of amides is 1. The molecule has 0 aliphatic heterocycles. The summed E-state index contributed by atoms with van der Waals surface area (Å²) in [5.41, 5.74) is 0.00588. The lowest BCUT2D eigenvalue weighted by Crippen LogP contribution is -2.31. The zero-order valence-electron chi connectivity index (χ0n) is 8.45. The van der Waals surface area contributed by atoms with Crippen molar-refractivity contribution >= 4 is 21.8 Å². The predicted octanol–water partition coefficient (Wildman–Crippen LogP) is 2.49. The van der Waals surface area contributed by atoms with E-state index in [-0.39, 0.29) is 11.3 Å². The maximum Gasteiger partial charge on any atom is 0.257 e. The number of nitrogens with zero attached hydrogens (tertiary/aromatic N) is 1. The van der Waals surface area contributed by atoms with Crippen molar-refractivity contribution in [3.05, 3.63) is 28.2 Å². The van der Waals surface area contributed by atoms with E-state index >= 15 is 0 Å². The number of hydrogen-bond donors (Lipinski definition) is 1. The minimum atomic E-state index is -2.59. The van der Waals surface area contributed by atoms with Gasteiger partial charge in [-0.1, -0.05) is 15.9 Å². The van der Waals surface area contributed by atoms with Crippen molar-refractivity contribution in [3.8, 4) is 5.75 Å². The van der Waals surface area contributed by atoms with Gasteiger partial charge < -0.3 is 10.0 Å². The van der Waals surface area contributed by atoms with Crippen molar-refractivity contribution in [2.75, 3.05) is 13.6 Å². The van der Waals surface area contributed by atoms with Crippen LogP contribution in [0.25, 0.3) is 0 Å². The summed E-state index contributed by atoms with van der Waals surface area (Å²) in [7, 11) is 1.26. The number of phenols is 1. The van der Waals surface area contributed by atoms with Gasteiger partial charge in [0.15, 0.2) is 0 Å². The highest BCUT2D eigenvalue weighted by atomic mass is 79.9. The van der Waals surface area contributed by atoms with Crippen molar-refractivity contribution in [2.45, 2.75) is 6.43 Å². The molecule has 0 heterocycles. The third-order valence-electron chi connectivity index (χ3n) is 1.95. The Morgan fingerprint density at radius 3 is 2.69 bits per heavy atom. The van der Waals surface area contributed by atoms with Gasteiger partial charge in [-0.3, -0.25) is 4.79 Å². The second kappa shape index (κ2) is 5.25. The molecule has 0 saturated heterocycles. The fourth-order valence-corrected chi connectivity index (χ4v) is 1.53. The number of alkyl halides is 2. The van der Waals surface area contributed by atoms with Crippen LogP contribution in [0.15, 0.2) is 22.7 Å². The summed E-state index contributed by atoms with van der Waals surface area (Å²) in [6.45, 7) is -0.658. The van der Waals surface area contributed by atoms with Gasteiger partial charge in [0.25, 0.3) is 12.3 Å². The van der Waals surface area contributed by atoms with Gasteiger partial charge in [-0.25, -0.2) is 8.78 Å². The average Bonchev–Trinajstić information content (AvgIpc) is 2.15. The van der Waals surface area contributed by atoms with E-state index in [0.29, 0.717) is 4.47 Å².